The predicted octanol–water partition coefficient (Wildman–Crippen LogP) is 2.87. The Balaban J connectivity index is 2.13. The van der Waals surface area contributed by atoms with Crippen LogP contribution >= 0.6 is 0 Å². The molecule has 0 aliphatic rings. The summed E-state index contributed by atoms with van der Waals surface area (Å²) in [5, 5.41) is 24.7. The van der Waals surface area contributed by atoms with Crippen molar-refractivity contribution in [1.82, 2.24) is 10.6 Å². The van der Waals surface area contributed by atoms with E-state index in [0.717, 1.165) is 0 Å². The number of carbonyl (C=O) groups excluding carboxylic acids is 2. The number of carbonyl (C=O) groups is 4. The van der Waals surface area contributed by atoms with Gasteiger partial charge in [0.05, 0.1) is 0 Å². The van der Waals surface area contributed by atoms with Crippen molar-refractivity contribution in [1.29, 1.82) is 0 Å². The van der Waals surface area contributed by atoms with E-state index in [4.69, 9.17) is 0 Å². The van der Waals surface area contributed by atoms with E-state index in [9.17, 15) is 29.4 Å². The van der Waals surface area contributed by atoms with E-state index in [0.29, 0.717) is 11.1 Å². The van der Waals surface area contributed by atoms with Crippen molar-refractivity contribution in [2.24, 2.45) is 0 Å². The molecule has 8 heteroatoms. The second kappa shape index (κ2) is 11.5. The molecule has 0 radical (unpaired) electrons. The molecule has 0 saturated heterocycles. The van der Waals surface area contributed by atoms with E-state index in [1.807, 2.05) is 0 Å². The van der Waals surface area contributed by atoms with Crippen molar-refractivity contribution < 1.29 is 29.4 Å². The number of carboxylic acids is 2. The van der Waals surface area contributed by atoms with E-state index in [1.165, 1.54) is 0 Å². The maximum absolute atomic E-state index is 12.3. The summed E-state index contributed by atoms with van der Waals surface area (Å²) in [6.07, 6.45) is -0.371. The molecule has 0 aliphatic carbocycles. The fourth-order valence-electron chi connectivity index (χ4n) is 3.19. The number of aliphatic carboxylic acids is 2. The van der Waals surface area contributed by atoms with Crippen LogP contribution in [0, 0.1) is 0 Å². The minimum atomic E-state index is -1.38. The highest BCUT2D eigenvalue weighted by Gasteiger charge is 2.25. The summed E-state index contributed by atoms with van der Waals surface area (Å²) in [5.74, 6) is -3.54. The van der Waals surface area contributed by atoms with Crippen molar-refractivity contribution in [3.8, 4) is 0 Å². The van der Waals surface area contributed by atoms with Gasteiger partial charge in [0.15, 0.2) is 0 Å². The Hall–Kier alpha value is -3.94. The van der Waals surface area contributed by atoms with Gasteiger partial charge < -0.3 is 20.8 Å². The summed E-state index contributed by atoms with van der Waals surface area (Å²) in [7, 11) is 0. The van der Waals surface area contributed by atoms with E-state index in [-0.39, 0.29) is 35.8 Å². The van der Waals surface area contributed by atoms with Gasteiger partial charge in [-0.2, -0.15) is 0 Å². The first kappa shape index (κ1) is 24.3. The monoisotopic (exact) mass is 438 g/mol. The molecule has 0 aromatic heterocycles. The zero-order valence-corrected chi connectivity index (χ0v) is 17.9. The van der Waals surface area contributed by atoms with Crippen LogP contribution in [0.3, 0.4) is 0 Å². The van der Waals surface area contributed by atoms with Crippen LogP contribution < -0.4 is 10.6 Å². The molecule has 0 spiro atoms. The first-order valence-electron chi connectivity index (χ1n) is 10.1. The molecule has 8 nitrogen and oxygen atoms in total. The molecule has 0 saturated carbocycles. The number of benzene rings is 2. The number of hydrogen-bond acceptors (Lipinski definition) is 4. The quantitative estimate of drug-likeness (QED) is 0.422. The average molecular weight is 438 g/mol. The second-order valence-electron chi connectivity index (χ2n) is 7.46. The lowest BCUT2D eigenvalue weighted by molar-refractivity contribution is -0.136. The van der Waals surface area contributed by atoms with Gasteiger partial charge in [-0.25, -0.2) is 9.59 Å². The van der Waals surface area contributed by atoms with Gasteiger partial charge in [-0.3, -0.25) is 9.59 Å². The minimum absolute atomic E-state index is 0.186. The molecular weight excluding hydrogens is 412 g/mol. The van der Waals surface area contributed by atoms with E-state index in [2.05, 4.69) is 10.6 Å². The van der Waals surface area contributed by atoms with Gasteiger partial charge in [-0.05, 0) is 38.1 Å². The molecule has 0 fully saturated rings. The summed E-state index contributed by atoms with van der Waals surface area (Å²) in [4.78, 5) is 48.3. The lowest BCUT2D eigenvalue weighted by Gasteiger charge is -2.19. The van der Waals surface area contributed by atoms with Crippen molar-refractivity contribution in [3.05, 3.63) is 82.9 Å². The molecule has 0 aliphatic heterocycles. The largest absolute Gasteiger partial charge is 0.478 e. The zero-order valence-electron chi connectivity index (χ0n) is 17.9. The van der Waals surface area contributed by atoms with Crippen molar-refractivity contribution in [3.63, 3.8) is 0 Å². The maximum atomic E-state index is 12.3. The van der Waals surface area contributed by atoms with E-state index in [1.54, 1.807) is 74.5 Å². The molecule has 2 aromatic carbocycles. The normalized spacial score (nSPS) is 13.3. The van der Waals surface area contributed by atoms with Gasteiger partial charge in [0.1, 0.15) is 0 Å². The van der Waals surface area contributed by atoms with Crippen LogP contribution in [0.25, 0.3) is 0 Å². The third-order valence-electron chi connectivity index (χ3n) is 4.73. The summed E-state index contributed by atoms with van der Waals surface area (Å²) in [6, 6.07) is 15.6. The van der Waals surface area contributed by atoms with E-state index >= 15 is 0 Å². The third kappa shape index (κ3) is 7.09. The van der Waals surface area contributed by atoms with Gasteiger partial charge in [-0.1, -0.05) is 36.4 Å². The Labute approximate surface area is 186 Å². The topological polar surface area (TPSA) is 133 Å². The van der Waals surface area contributed by atoms with E-state index < -0.39 is 24.0 Å². The number of carboxylic acid groups (broad SMARTS) is 2. The Bertz CT molecular complexity index is 920. The van der Waals surface area contributed by atoms with Crippen LogP contribution in [-0.2, 0) is 9.59 Å². The highest BCUT2D eigenvalue weighted by atomic mass is 16.4. The Morgan fingerprint density at radius 3 is 1.25 bits per heavy atom. The van der Waals surface area contributed by atoms with Crippen LogP contribution in [0.15, 0.2) is 71.8 Å². The minimum Gasteiger partial charge on any atom is -0.478 e. The van der Waals surface area contributed by atoms with Crippen molar-refractivity contribution >= 4 is 23.8 Å². The fourth-order valence-corrected chi connectivity index (χ4v) is 3.19. The number of amides is 2. The van der Waals surface area contributed by atoms with Crippen LogP contribution in [0.5, 0.6) is 0 Å². The van der Waals surface area contributed by atoms with Crippen molar-refractivity contribution in [2.75, 3.05) is 0 Å². The molecule has 2 rings (SSSR count). The smallest absolute Gasteiger partial charge is 0.332 e. The average Bonchev–Trinajstić information content (AvgIpc) is 2.76. The van der Waals surface area contributed by atoms with Crippen LogP contribution in [-0.4, -0.2) is 46.0 Å². The highest BCUT2D eigenvalue weighted by Crippen LogP contribution is 2.18. The number of nitrogens with one attached hydrogen (secondary N) is 2. The summed E-state index contributed by atoms with van der Waals surface area (Å²) < 4.78 is 0. The predicted molar refractivity (Wildman–Crippen MR) is 118 cm³/mol. The van der Waals surface area contributed by atoms with Gasteiger partial charge >= 0.3 is 11.9 Å². The molecule has 0 bridgehead atoms. The fraction of sp³-hybridized carbons (Fsp3) is 0.250. The van der Waals surface area contributed by atoms with Gasteiger partial charge in [-0.15, -0.1) is 0 Å². The molecule has 2 amide bonds. The summed E-state index contributed by atoms with van der Waals surface area (Å²) >= 11 is 0. The molecule has 4 N–H and O–H groups in total. The lowest BCUT2D eigenvalue weighted by atomic mass is 9.96. The number of hydrogen-bond donors (Lipinski definition) is 4. The Kier molecular flexibility index (Phi) is 8.71. The lowest BCUT2D eigenvalue weighted by Crippen LogP contribution is -2.35. The maximum Gasteiger partial charge on any atom is 0.332 e. The molecule has 0 heterocycles. The Morgan fingerprint density at radius 1 is 0.656 bits per heavy atom. The Morgan fingerprint density at radius 2 is 0.969 bits per heavy atom. The summed E-state index contributed by atoms with van der Waals surface area (Å²) in [5.41, 5.74) is 0.185. The van der Waals surface area contributed by atoms with Gasteiger partial charge in [0.2, 0.25) is 0 Å². The zero-order chi connectivity index (χ0) is 23.7. The molecule has 2 atom stereocenters. The van der Waals surface area contributed by atoms with Crippen molar-refractivity contribution in [2.45, 2.75) is 38.8 Å². The molecule has 32 heavy (non-hydrogen) atoms. The molecule has 2 aromatic rings. The van der Waals surface area contributed by atoms with Crippen LogP contribution in [0.4, 0.5) is 0 Å². The van der Waals surface area contributed by atoms with Crippen LogP contribution in [0.2, 0.25) is 0 Å². The SMILES string of the molecule is C[C@H](C/C(C(=O)O)=C(/C[C@@H](C)NC(=O)c1ccccc1)C(=O)O)NC(=O)c1ccccc1. The first-order chi connectivity index (χ1) is 15.2. The molecular formula is C24H26N2O6. The van der Waals surface area contributed by atoms with Gasteiger partial charge in [0, 0.05) is 47.2 Å². The number of rotatable bonds is 10. The standard InChI is InChI=1S/C24H26N2O6/c1-15(25-21(27)17-9-5-3-6-10-17)13-19(23(29)30)20(24(31)32)14-16(2)26-22(28)18-11-7-4-8-12-18/h3-12,15-16H,13-14H2,1-2H3,(H,25,27)(H,26,28)(H,29,30)(H,31,32)/b20-19+/t15-,16-/m1/s1. The second-order valence-corrected chi connectivity index (χ2v) is 7.46. The third-order valence-corrected chi connectivity index (χ3v) is 4.73. The molecule has 0 unspecified atom stereocenters. The first-order valence-corrected chi connectivity index (χ1v) is 10.1. The molecule has 168 valence electrons. The summed E-state index contributed by atoms with van der Waals surface area (Å²) in [6.45, 7) is 3.20. The highest BCUT2D eigenvalue weighted by molar-refractivity contribution is 5.99. The van der Waals surface area contributed by atoms with Crippen LogP contribution in [0.1, 0.15) is 47.4 Å². The van der Waals surface area contributed by atoms with Gasteiger partial charge in [0.25, 0.3) is 11.8 Å².